The Kier molecular flexibility index (Phi) is 7.32. The van der Waals surface area contributed by atoms with Crippen LogP contribution in [0.25, 0.3) is 11.0 Å². The number of hydrogen-bond donors (Lipinski definition) is 0. The molecule has 1 fully saturated rings. The van der Waals surface area contributed by atoms with Crippen LogP contribution >= 0.6 is 0 Å². The summed E-state index contributed by atoms with van der Waals surface area (Å²) in [6.45, 7) is 6.94. The van der Waals surface area contributed by atoms with Crippen molar-refractivity contribution in [3.05, 3.63) is 47.2 Å². The maximum Gasteiger partial charge on any atom is 0.360 e. The fraction of sp³-hybridized carbons (Fsp3) is 0.400. The molecule has 2 heterocycles. The lowest BCUT2D eigenvalue weighted by atomic mass is 10.1. The van der Waals surface area contributed by atoms with Gasteiger partial charge in [0.25, 0.3) is 0 Å². The second-order valence-electron chi connectivity index (χ2n) is 8.45. The van der Waals surface area contributed by atoms with Crippen molar-refractivity contribution in [2.45, 2.75) is 25.7 Å². The summed E-state index contributed by atoms with van der Waals surface area (Å²) in [6, 6.07) is 8.51. The molecular weight excluding hydrogens is 484 g/mol. The number of piperazine rings is 1. The molecule has 1 aromatic heterocycles. The van der Waals surface area contributed by atoms with Crippen molar-refractivity contribution in [3.8, 4) is 11.5 Å². The molecular formula is C25H30N4O6S. The number of carbonyl (C=O) groups is 1. The van der Waals surface area contributed by atoms with Crippen LogP contribution in [0.3, 0.4) is 0 Å². The zero-order valence-corrected chi connectivity index (χ0v) is 21.9. The lowest BCUT2D eigenvalue weighted by Gasteiger charge is -2.35. The molecule has 3 aromatic rings. The van der Waals surface area contributed by atoms with Gasteiger partial charge in [-0.25, -0.2) is 23.2 Å². The van der Waals surface area contributed by atoms with Gasteiger partial charge in [-0.2, -0.15) is 4.31 Å². The van der Waals surface area contributed by atoms with E-state index in [1.54, 1.807) is 19.1 Å². The van der Waals surface area contributed by atoms with Crippen LogP contribution in [0.2, 0.25) is 0 Å². The van der Waals surface area contributed by atoms with Crippen molar-refractivity contribution in [2.75, 3.05) is 51.9 Å². The van der Waals surface area contributed by atoms with E-state index in [1.165, 1.54) is 24.6 Å². The van der Waals surface area contributed by atoms with E-state index in [0.717, 1.165) is 11.1 Å². The summed E-state index contributed by atoms with van der Waals surface area (Å²) in [5.41, 5.74) is 3.51. The molecule has 0 saturated carbocycles. The van der Waals surface area contributed by atoms with Gasteiger partial charge in [0.1, 0.15) is 16.4 Å². The third kappa shape index (κ3) is 4.80. The summed E-state index contributed by atoms with van der Waals surface area (Å²) in [5, 5.41) is 0. The number of hydrogen-bond acceptors (Lipinski definition) is 9. The van der Waals surface area contributed by atoms with E-state index >= 15 is 0 Å². The summed E-state index contributed by atoms with van der Waals surface area (Å²) in [6.07, 6.45) is 0. The number of benzene rings is 2. The molecule has 4 rings (SSSR count). The Labute approximate surface area is 210 Å². The number of anilines is 1. The topological polar surface area (TPSA) is 111 Å². The first-order valence-electron chi connectivity index (χ1n) is 11.6. The van der Waals surface area contributed by atoms with Gasteiger partial charge in [-0.15, -0.1) is 0 Å². The predicted octanol–water partition coefficient (Wildman–Crippen LogP) is 2.95. The number of carbonyl (C=O) groups excluding carboxylic acids is 1. The lowest BCUT2D eigenvalue weighted by molar-refractivity contribution is 0.0520. The van der Waals surface area contributed by atoms with Crippen LogP contribution in [0.5, 0.6) is 11.5 Å². The average Bonchev–Trinajstić information content (AvgIpc) is 2.88. The highest BCUT2D eigenvalue weighted by Gasteiger charge is 2.33. The second-order valence-corrected chi connectivity index (χ2v) is 10.4. The highest BCUT2D eigenvalue weighted by molar-refractivity contribution is 7.89. The number of fused-ring (bicyclic) bond motifs is 1. The minimum atomic E-state index is -3.85. The smallest absolute Gasteiger partial charge is 0.360 e. The molecule has 0 spiro atoms. The average molecular weight is 515 g/mol. The highest BCUT2D eigenvalue weighted by atomic mass is 32.2. The number of ether oxygens (including phenoxy) is 3. The molecule has 192 valence electrons. The van der Waals surface area contributed by atoms with Gasteiger partial charge in [0.2, 0.25) is 10.0 Å². The normalized spacial score (nSPS) is 14.6. The molecule has 11 heteroatoms. The Balaban J connectivity index is 1.65. The van der Waals surface area contributed by atoms with E-state index < -0.39 is 16.0 Å². The minimum absolute atomic E-state index is 0.0429. The number of aryl methyl sites for hydroxylation is 2. The summed E-state index contributed by atoms with van der Waals surface area (Å²) in [4.78, 5) is 24.0. The molecule has 1 aliphatic heterocycles. The lowest BCUT2D eigenvalue weighted by Crippen LogP contribution is -2.49. The fourth-order valence-corrected chi connectivity index (χ4v) is 5.72. The van der Waals surface area contributed by atoms with E-state index in [4.69, 9.17) is 19.2 Å². The zero-order valence-electron chi connectivity index (χ0n) is 21.1. The molecule has 2 aromatic carbocycles. The van der Waals surface area contributed by atoms with Crippen molar-refractivity contribution >= 4 is 32.8 Å². The third-order valence-corrected chi connectivity index (χ3v) is 8.18. The highest BCUT2D eigenvalue weighted by Crippen LogP contribution is 2.32. The maximum absolute atomic E-state index is 13.5. The van der Waals surface area contributed by atoms with Crippen molar-refractivity contribution in [3.63, 3.8) is 0 Å². The van der Waals surface area contributed by atoms with Crippen LogP contribution in [-0.4, -0.2) is 75.7 Å². The number of aromatic nitrogens is 2. The van der Waals surface area contributed by atoms with Crippen molar-refractivity contribution in [1.82, 2.24) is 14.3 Å². The monoisotopic (exact) mass is 514 g/mol. The van der Waals surface area contributed by atoms with Gasteiger partial charge >= 0.3 is 5.97 Å². The third-order valence-electron chi connectivity index (χ3n) is 6.26. The molecule has 10 nitrogen and oxygen atoms in total. The van der Waals surface area contributed by atoms with Crippen molar-refractivity contribution < 1.29 is 27.4 Å². The quantitative estimate of drug-likeness (QED) is 0.439. The Morgan fingerprint density at radius 3 is 2.17 bits per heavy atom. The molecule has 0 radical (unpaired) electrons. The molecule has 0 unspecified atom stereocenters. The zero-order chi connectivity index (χ0) is 26.0. The van der Waals surface area contributed by atoms with Gasteiger partial charge in [0.15, 0.2) is 11.5 Å². The Hall–Kier alpha value is -3.44. The van der Waals surface area contributed by atoms with E-state index in [1.807, 2.05) is 30.9 Å². The summed E-state index contributed by atoms with van der Waals surface area (Å²) >= 11 is 0. The Morgan fingerprint density at radius 1 is 0.944 bits per heavy atom. The Morgan fingerprint density at radius 2 is 1.58 bits per heavy atom. The first kappa shape index (κ1) is 25.6. The molecule has 0 aliphatic carbocycles. The van der Waals surface area contributed by atoms with Gasteiger partial charge in [-0.1, -0.05) is 0 Å². The number of nitrogens with zero attached hydrogens (tertiary/aromatic N) is 4. The van der Waals surface area contributed by atoms with Gasteiger partial charge in [-0.3, -0.25) is 0 Å². The molecule has 0 amide bonds. The first-order valence-corrected chi connectivity index (χ1v) is 13.1. The second kappa shape index (κ2) is 10.3. The Bertz CT molecular complexity index is 1400. The van der Waals surface area contributed by atoms with Crippen LogP contribution in [0.4, 0.5) is 5.82 Å². The molecule has 1 aliphatic rings. The first-order chi connectivity index (χ1) is 17.2. The molecule has 36 heavy (non-hydrogen) atoms. The van der Waals surface area contributed by atoms with Crippen LogP contribution in [0.1, 0.15) is 28.5 Å². The summed E-state index contributed by atoms with van der Waals surface area (Å²) < 4.78 is 44.1. The number of methoxy groups -OCH3 is 2. The van der Waals surface area contributed by atoms with Gasteiger partial charge in [0, 0.05) is 32.2 Å². The van der Waals surface area contributed by atoms with Crippen LogP contribution in [0, 0.1) is 13.8 Å². The van der Waals surface area contributed by atoms with Crippen LogP contribution in [0.15, 0.2) is 35.2 Å². The van der Waals surface area contributed by atoms with Crippen LogP contribution < -0.4 is 14.4 Å². The largest absolute Gasteiger partial charge is 0.497 e. The van der Waals surface area contributed by atoms with Crippen molar-refractivity contribution in [1.29, 1.82) is 0 Å². The van der Waals surface area contributed by atoms with E-state index in [0.29, 0.717) is 35.7 Å². The van der Waals surface area contributed by atoms with E-state index in [9.17, 15) is 13.2 Å². The molecule has 0 bridgehead atoms. The summed E-state index contributed by atoms with van der Waals surface area (Å²) in [7, 11) is -0.944. The minimum Gasteiger partial charge on any atom is -0.497 e. The maximum atomic E-state index is 13.5. The summed E-state index contributed by atoms with van der Waals surface area (Å²) in [5.74, 6) is 0.495. The van der Waals surface area contributed by atoms with Gasteiger partial charge < -0.3 is 19.1 Å². The molecule has 1 saturated heterocycles. The predicted molar refractivity (Wildman–Crippen MR) is 135 cm³/mol. The van der Waals surface area contributed by atoms with E-state index in [2.05, 4.69) is 4.98 Å². The van der Waals surface area contributed by atoms with E-state index in [-0.39, 0.29) is 36.0 Å². The standard InChI is InChI=1S/C25H30N4O6S/c1-6-35-25(30)23-24(27-20-14-17(3)16(2)13-19(20)26-23)28-9-11-29(12-10-28)36(31,32)22-15-18(33-4)7-8-21(22)34-5/h7-8,13-15H,6,9-12H2,1-5H3. The number of rotatable bonds is 7. The molecule has 0 N–H and O–H groups in total. The number of sulfonamides is 1. The van der Waals surface area contributed by atoms with Gasteiger partial charge in [-0.05, 0) is 56.2 Å². The van der Waals surface area contributed by atoms with Crippen LogP contribution in [-0.2, 0) is 14.8 Å². The van der Waals surface area contributed by atoms with Crippen molar-refractivity contribution in [2.24, 2.45) is 0 Å². The van der Waals surface area contributed by atoms with Gasteiger partial charge in [0.05, 0.1) is 31.9 Å². The molecule has 0 atom stereocenters. The number of esters is 1. The SMILES string of the molecule is CCOC(=O)c1nc2cc(C)c(C)cc2nc1N1CCN(S(=O)(=O)c2cc(OC)ccc2OC)CC1. The fourth-order valence-electron chi connectivity index (χ4n) is 4.12.